The van der Waals surface area contributed by atoms with Crippen LogP contribution in [0.2, 0.25) is 0 Å². The monoisotopic (exact) mass is 272 g/mol. The van der Waals surface area contributed by atoms with Crippen LogP contribution in [0, 0.1) is 19.3 Å². The summed E-state index contributed by atoms with van der Waals surface area (Å²) >= 11 is 0. The number of rotatable bonds is 3. The summed E-state index contributed by atoms with van der Waals surface area (Å²) in [6.45, 7) is 3.57. The van der Waals surface area contributed by atoms with Gasteiger partial charge in [0.15, 0.2) is 0 Å². The predicted octanol–water partition coefficient (Wildman–Crippen LogP) is 1.60. The molecule has 0 spiro atoms. The average molecular weight is 272 g/mol. The number of carbonyl (C=O) groups excluding carboxylic acids is 1. The molecule has 0 amide bonds. The zero-order chi connectivity index (χ0) is 14.7. The van der Waals surface area contributed by atoms with Crippen molar-refractivity contribution in [3.63, 3.8) is 0 Å². The van der Waals surface area contributed by atoms with Crippen LogP contribution < -0.4 is 5.73 Å². The summed E-state index contributed by atoms with van der Waals surface area (Å²) in [6.07, 6.45) is 0. The first-order chi connectivity index (χ1) is 9.50. The van der Waals surface area contributed by atoms with Gasteiger partial charge in [0, 0.05) is 0 Å². The molecule has 0 atom stereocenters. The van der Waals surface area contributed by atoms with Crippen molar-refractivity contribution in [3.05, 3.63) is 52.8 Å². The van der Waals surface area contributed by atoms with E-state index in [1.807, 2.05) is 30.3 Å². The number of carbonyl (C=O) groups is 1. The van der Waals surface area contributed by atoms with E-state index in [0.29, 0.717) is 17.0 Å². The minimum Gasteiger partial charge on any atom is -0.457 e. The smallest absolute Gasteiger partial charge is 0.342 e. The molecule has 2 rings (SSSR count). The number of hydrogen-bond donors (Lipinski definition) is 2. The van der Waals surface area contributed by atoms with E-state index in [1.165, 1.54) is 4.68 Å². The third kappa shape index (κ3) is 2.69. The summed E-state index contributed by atoms with van der Waals surface area (Å²) in [5.41, 5.74) is 7.67. The first-order valence-corrected chi connectivity index (χ1v) is 6.12. The SMILES string of the molecule is Cc1nn(C(=N)N)c(C)c1C(=O)OCc1ccccc1. The Labute approximate surface area is 116 Å². The van der Waals surface area contributed by atoms with E-state index < -0.39 is 5.97 Å². The molecule has 3 N–H and O–H groups in total. The number of ether oxygens (including phenoxy) is 1. The lowest BCUT2D eigenvalue weighted by Crippen LogP contribution is -2.23. The van der Waals surface area contributed by atoms with Crippen molar-refractivity contribution in [2.75, 3.05) is 0 Å². The van der Waals surface area contributed by atoms with Crippen LogP contribution in [0.3, 0.4) is 0 Å². The van der Waals surface area contributed by atoms with E-state index in [0.717, 1.165) is 5.56 Å². The summed E-state index contributed by atoms with van der Waals surface area (Å²) in [7, 11) is 0. The van der Waals surface area contributed by atoms with Crippen molar-refractivity contribution < 1.29 is 9.53 Å². The van der Waals surface area contributed by atoms with E-state index in [2.05, 4.69) is 5.10 Å². The Hall–Kier alpha value is -2.63. The molecule has 0 bridgehead atoms. The summed E-state index contributed by atoms with van der Waals surface area (Å²) < 4.78 is 6.48. The van der Waals surface area contributed by atoms with Crippen molar-refractivity contribution in [3.8, 4) is 0 Å². The first kappa shape index (κ1) is 13.8. The molecule has 104 valence electrons. The van der Waals surface area contributed by atoms with E-state index in [1.54, 1.807) is 13.8 Å². The first-order valence-electron chi connectivity index (χ1n) is 6.12. The molecule has 0 saturated heterocycles. The summed E-state index contributed by atoms with van der Waals surface area (Å²) in [5.74, 6) is -0.691. The topological polar surface area (TPSA) is 94.0 Å². The second-order valence-electron chi connectivity index (χ2n) is 4.40. The van der Waals surface area contributed by atoms with Gasteiger partial charge < -0.3 is 10.5 Å². The maximum absolute atomic E-state index is 12.1. The molecule has 20 heavy (non-hydrogen) atoms. The zero-order valence-corrected chi connectivity index (χ0v) is 11.4. The lowest BCUT2D eigenvalue weighted by atomic mass is 10.2. The van der Waals surface area contributed by atoms with Crippen molar-refractivity contribution in [1.82, 2.24) is 9.78 Å². The largest absolute Gasteiger partial charge is 0.457 e. The molecule has 2 aromatic rings. The van der Waals surface area contributed by atoms with Gasteiger partial charge in [-0.15, -0.1) is 0 Å². The van der Waals surface area contributed by atoms with E-state index in [4.69, 9.17) is 15.9 Å². The molecule has 1 heterocycles. The van der Waals surface area contributed by atoms with Gasteiger partial charge in [0.2, 0.25) is 5.96 Å². The van der Waals surface area contributed by atoms with Gasteiger partial charge in [-0.1, -0.05) is 30.3 Å². The summed E-state index contributed by atoms with van der Waals surface area (Å²) in [5, 5.41) is 11.4. The molecule has 0 aliphatic rings. The van der Waals surface area contributed by atoms with Gasteiger partial charge in [0.1, 0.15) is 12.2 Å². The van der Waals surface area contributed by atoms with Crippen molar-refractivity contribution >= 4 is 11.9 Å². The number of aromatic nitrogens is 2. The molecule has 0 aliphatic heterocycles. The third-order valence-electron chi connectivity index (χ3n) is 2.94. The Morgan fingerprint density at radius 1 is 1.35 bits per heavy atom. The normalized spacial score (nSPS) is 10.3. The van der Waals surface area contributed by atoms with Crippen LogP contribution in [0.1, 0.15) is 27.3 Å². The van der Waals surface area contributed by atoms with Gasteiger partial charge in [0.05, 0.1) is 11.4 Å². The van der Waals surface area contributed by atoms with E-state index in [9.17, 15) is 4.79 Å². The number of esters is 1. The molecular formula is C14H16N4O2. The second kappa shape index (κ2) is 5.56. The lowest BCUT2D eigenvalue weighted by Gasteiger charge is -2.05. The fourth-order valence-corrected chi connectivity index (χ4v) is 1.97. The minimum atomic E-state index is -0.462. The van der Waals surface area contributed by atoms with Crippen LogP contribution in [0.4, 0.5) is 0 Å². The van der Waals surface area contributed by atoms with Crippen LogP contribution in [0.25, 0.3) is 0 Å². The second-order valence-corrected chi connectivity index (χ2v) is 4.40. The highest BCUT2D eigenvalue weighted by Gasteiger charge is 2.20. The fourth-order valence-electron chi connectivity index (χ4n) is 1.97. The number of benzene rings is 1. The van der Waals surface area contributed by atoms with Crippen molar-refractivity contribution in [2.24, 2.45) is 5.73 Å². The van der Waals surface area contributed by atoms with Crippen LogP contribution in [-0.4, -0.2) is 21.7 Å². The maximum Gasteiger partial charge on any atom is 0.342 e. The summed E-state index contributed by atoms with van der Waals surface area (Å²) in [6, 6.07) is 9.43. The quantitative estimate of drug-likeness (QED) is 0.504. The Bertz CT molecular complexity index is 647. The molecule has 0 unspecified atom stereocenters. The Balaban J connectivity index is 2.16. The van der Waals surface area contributed by atoms with Crippen LogP contribution >= 0.6 is 0 Å². The van der Waals surface area contributed by atoms with Crippen LogP contribution in [-0.2, 0) is 11.3 Å². The van der Waals surface area contributed by atoms with Crippen LogP contribution in [0.5, 0.6) is 0 Å². The van der Waals surface area contributed by atoms with Gasteiger partial charge in [-0.3, -0.25) is 5.41 Å². The molecule has 6 heteroatoms. The highest BCUT2D eigenvalue weighted by molar-refractivity contribution is 5.93. The predicted molar refractivity (Wildman–Crippen MR) is 74.6 cm³/mol. The standard InChI is InChI=1S/C14H16N4O2/c1-9-12(10(2)18(17-9)14(15)16)13(19)20-8-11-6-4-3-5-7-11/h3-7H,8H2,1-2H3,(H3,15,16). The molecule has 1 aromatic carbocycles. The average Bonchev–Trinajstić information content (AvgIpc) is 2.73. The molecule has 0 aliphatic carbocycles. The van der Waals surface area contributed by atoms with Gasteiger partial charge in [-0.25, -0.2) is 9.48 Å². The number of nitrogen functional groups attached to an aromatic ring is 1. The minimum absolute atomic E-state index is 0.198. The number of nitrogens with two attached hydrogens (primary N) is 1. The molecule has 1 aromatic heterocycles. The Morgan fingerprint density at radius 2 is 2.00 bits per heavy atom. The Kier molecular flexibility index (Phi) is 3.84. The highest BCUT2D eigenvalue weighted by Crippen LogP contribution is 2.15. The highest BCUT2D eigenvalue weighted by atomic mass is 16.5. The maximum atomic E-state index is 12.1. The van der Waals surface area contributed by atoms with Gasteiger partial charge in [-0.05, 0) is 19.4 Å². The van der Waals surface area contributed by atoms with Crippen molar-refractivity contribution in [2.45, 2.75) is 20.5 Å². The molecular weight excluding hydrogens is 256 g/mol. The number of aryl methyl sites for hydroxylation is 1. The molecule has 0 saturated carbocycles. The fraction of sp³-hybridized carbons (Fsp3) is 0.214. The number of nitrogens with one attached hydrogen (secondary N) is 1. The van der Waals surface area contributed by atoms with Gasteiger partial charge in [-0.2, -0.15) is 5.10 Å². The summed E-state index contributed by atoms with van der Waals surface area (Å²) in [4.78, 5) is 12.1. The number of hydrogen-bond acceptors (Lipinski definition) is 4. The van der Waals surface area contributed by atoms with Gasteiger partial charge >= 0.3 is 5.97 Å². The van der Waals surface area contributed by atoms with Crippen molar-refractivity contribution in [1.29, 1.82) is 5.41 Å². The lowest BCUT2D eigenvalue weighted by molar-refractivity contribution is 0.0471. The van der Waals surface area contributed by atoms with E-state index >= 15 is 0 Å². The Morgan fingerprint density at radius 3 is 2.55 bits per heavy atom. The zero-order valence-electron chi connectivity index (χ0n) is 11.4. The molecule has 0 radical (unpaired) electrons. The third-order valence-corrected chi connectivity index (χ3v) is 2.94. The number of nitrogens with zero attached hydrogens (tertiary/aromatic N) is 2. The van der Waals surface area contributed by atoms with Gasteiger partial charge in [0.25, 0.3) is 0 Å². The van der Waals surface area contributed by atoms with E-state index in [-0.39, 0.29) is 12.6 Å². The molecule has 6 nitrogen and oxygen atoms in total. The molecule has 0 fully saturated rings. The van der Waals surface area contributed by atoms with Crippen LogP contribution in [0.15, 0.2) is 30.3 Å².